The summed E-state index contributed by atoms with van der Waals surface area (Å²) in [4.78, 5) is 1.82. The van der Waals surface area contributed by atoms with Crippen molar-refractivity contribution in [2.24, 2.45) is 0 Å². The molecule has 0 spiro atoms. The zero-order valence-corrected chi connectivity index (χ0v) is 19.6. The molecule has 0 saturated heterocycles. The molecule has 1 unspecified atom stereocenters. The number of hydrogen-bond acceptors (Lipinski definition) is 1. The molecule has 0 bridgehead atoms. The van der Waals surface area contributed by atoms with E-state index < -0.39 is 0 Å². The van der Waals surface area contributed by atoms with Crippen LogP contribution in [0, 0.1) is 0 Å². The van der Waals surface area contributed by atoms with Crippen molar-refractivity contribution in [1.82, 2.24) is 0 Å². The fraction of sp³-hybridized carbons (Fsp3) is 0.217. The van der Waals surface area contributed by atoms with Crippen LogP contribution in [0.4, 0.5) is 0 Å². The van der Waals surface area contributed by atoms with Crippen molar-refractivity contribution in [1.29, 1.82) is 0 Å². The SMILES string of the molecule is CC(C)(C)c1ccc(C(Cl)c2ccc(Sc3c(Cl)cc(Cl)cc3Cl)cc2)cc1. The quantitative estimate of drug-likeness (QED) is 0.342. The Morgan fingerprint density at radius 3 is 1.68 bits per heavy atom. The molecule has 0 aliphatic carbocycles. The second kappa shape index (κ2) is 8.90. The zero-order chi connectivity index (χ0) is 20.5. The highest BCUT2D eigenvalue weighted by molar-refractivity contribution is 7.99. The lowest BCUT2D eigenvalue weighted by Gasteiger charge is -2.20. The summed E-state index contributed by atoms with van der Waals surface area (Å²) in [5.74, 6) is 0. The Kier molecular flexibility index (Phi) is 6.95. The van der Waals surface area contributed by atoms with Crippen molar-refractivity contribution in [3.05, 3.63) is 92.4 Å². The van der Waals surface area contributed by atoms with Gasteiger partial charge >= 0.3 is 0 Å². The second-order valence-electron chi connectivity index (χ2n) is 7.60. The average molecular weight is 470 g/mol. The number of halogens is 4. The fourth-order valence-electron chi connectivity index (χ4n) is 2.79. The van der Waals surface area contributed by atoms with Gasteiger partial charge < -0.3 is 0 Å². The van der Waals surface area contributed by atoms with E-state index in [1.54, 1.807) is 12.1 Å². The molecule has 28 heavy (non-hydrogen) atoms. The summed E-state index contributed by atoms with van der Waals surface area (Å²) in [6.45, 7) is 6.61. The minimum absolute atomic E-state index is 0.128. The van der Waals surface area contributed by atoms with E-state index in [-0.39, 0.29) is 10.8 Å². The molecular formula is C23H20Cl4S. The van der Waals surface area contributed by atoms with E-state index in [4.69, 9.17) is 46.4 Å². The third-order valence-electron chi connectivity index (χ3n) is 4.43. The molecule has 3 aromatic rings. The third kappa shape index (κ3) is 5.20. The molecule has 146 valence electrons. The molecule has 1 atom stereocenters. The predicted molar refractivity (Wildman–Crippen MR) is 125 cm³/mol. The third-order valence-corrected chi connectivity index (χ3v) is 7.12. The molecule has 0 N–H and O–H groups in total. The van der Waals surface area contributed by atoms with Crippen LogP contribution in [0.5, 0.6) is 0 Å². The Labute approximate surface area is 191 Å². The Balaban J connectivity index is 1.77. The summed E-state index contributed by atoms with van der Waals surface area (Å²) in [7, 11) is 0. The van der Waals surface area contributed by atoms with Gasteiger partial charge in [-0.25, -0.2) is 0 Å². The molecule has 0 aromatic heterocycles. The zero-order valence-electron chi connectivity index (χ0n) is 15.8. The lowest BCUT2D eigenvalue weighted by Crippen LogP contribution is -2.10. The molecule has 0 amide bonds. The van der Waals surface area contributed by atoms with E-state index in [9.17, 15) is 0 Å². The van der Waals surface area contributed by atoms with Crippen LogP contribution in [-0.2, 0) is 5.41 Å². The monoisotopic (exact) mass is 468 g/mol. The first-order valence-electron chi connectivity index (χ1n) is 8.82. The molecule has 0 aliphatic heterocycles. The van der Waals surface area contributed by atoms with Crippen molar-refractivity contribution in [3.8, 4) is 0 Å². The first-order valence-corrected chi connectivity index (χ1v) is 11.2. The maximum absolute atomic E-state index is 6.71. The fourth-order valence-corrected chi connectivity index (χ4v) is 4.95. The van der Waals surface area contributed by atoms with Crippen LogP contribution in [0.1, 0.15) is 42.8 Å². The van der Waals surface area contributed by atoms with Crippen molar-refractivity contribution >= 4 is 58.2 Å². The number of rotatable bonds is 4. The first kappa shape index (κ1) is 21.9. The Hall–Kier alpha value is -0.830. The summed E-state index contributed by atoms with van der Waals surface area (Å²) in [6, 6.07) is 20.0. The van der Waals surface area contributed by atoms with E-state index in [1.807, 2.05) is 24.3 Å². The maximum atomic E-state index is 6.71. The normalized spacial score (nSPS) is 12.8. The molecular weight excluding hydrogens is 450 g/mol. The van der Waals surface area contributed by atoms with Crippen LogP contribution < -0.4 is 0 Å². The number of hydrogen-bond donors (Lipinski definition) is 0. The highest BCUT2D eigenvalue weighted by Crippen LogP contribution is 2.41. The molecule has 0 fully saturated rings. The van der Waals surface area contributed by atoms with Gasteiger partial charge in [0, 0.05) is 14.8 Å². The smallest absolute Gasteiger partial charge is 0.0835 e. The summed E-state index contributed by atoms with van der Waals surface area (Å²) < 4.78 is 0. The number of benzene rings is 3. The van der Waals surface area contributed by atoms with Crippen LogP contribution in [0.2, 0.25) is 15.1 Å². The van der Waals surface area contributed by atoms with Gasteiger partial charge in [0.15, 0.2) is 0 Å². The average Bonchev–Trinajstić information content (AvgIpc) is 2.64. The molecule has 5 heteroatoms. The Morgan fingerprint density at radius 2 is 1.21 bits per heavy atom. The van der Waals surface area contributed by atoms with Crippen LogP contribution in [0.15, 0.2) is 70.5 Å². The largest absolute Gasteiger partial charge is 0.113 e. The standard InChI is InChI=1S/C23H20Cl4S/c1-23(2,3)16-8-4-14(5-9-16)21(27)15-6-10-18(11-7-15)28-22-19(25)12-17(24)13-20(22)26/h4-13,21H,1-3H3. The van der Waals surface area contributed by atoms with Gasteiger partial charge in [-0.3, -0.25) is 0 Å². The Morgan fingerprint density at radius 1 is 0.750 bits per heavy atom. The van der Waals surface area contributed by atoms with Gasteiger partial charge in [-0.2, -0.15) is 0 Å². The van der Waals surface area contributed by atoms with Gasteiger partial charge in [0.2, 0.25) is 0 Å². The summed E-state index contributed by atoms with van der Waals surface area (Å²) in [5, 5.41) is 1.41. The summed E-state index contributed by atoms with van der Waals surface area (Å²) >= 11 is 26.8. The van der Waals surface area contributed by atoms with Crippen LogP contribution >= 0.6 is 58.2 Å². The first-order chi connectivity index (χ1) is 13.1. The molecule has 3 rings (SSSR count). The van der Waals surface area contributed by atoms with Crippen LogP contribution in [0.3, 0.4) is 0 Å². The van der Waals surface area contributed by atoms with Gasteiger partial charge in [-0.05, 0) is 46.4 Å². The topological polar surface area (TPSA) is 0 Å². The van der Waals surface area contributed by atoms with E-state index in [0.29, 0.717) is 15.1 Å². The van der Waals surface area contributed by atoms with Crippen molar-refractivity contribution in [3.63, 3.8) is 0 Å². The van der Waals surface area contributed by atoms with E-state index in [2.05, 4.69) is 45.0 Å². The summed E-state index contributed by atoms with van der Waals surface area (Å²) in [5.41, 5.74) is 3.55. The van der Waals surface area contributed by atoms with Crippen molar-refractivity contribution < 1.29 is 0 Å². The molecule has 3 aromatic carbocycles. The highest BCUT2D eigenvalue weighted by atomic mass is 35.5. The maximum Gasteiger partial charge on any atom is 0.0835 e. The molecule has 0 aliphatic rings. The van der Waals surface area contributed by atoms with E-state index in [1.165, 1.54) is 17.3 Å². The predicted octanol–water partition coefficient (Wildman–Crippen LogP) is 9.42. The minimum Gasteiger partial charge on any atom is -0.113 e. The van der Waals surface area contributed by atoms with Crippen molar-refractivity contribution in [2.75, 3.05) is 0 Å². The van der Waals surface area contributed by atoms with E-state index >= 15 is 0 Å². The lowest BCUT2D eigenvalue weighted by molar-refractivity contribution is 0.590. The van der Waals surface area contributed by atoms with Crippen molar-refractivity contribution in [2.45, 2.75) is 41.4 Å². The lowest BCUT2D eigenvalue weighted by atomic mass is 9.86. The van der Waals surface area contributed by atoms with E-state index in [0.717, 1.165) is 20.9 Å². The van der Waals surface area contributed by atoms with Gasteiger partial charge in [-0.1, -0.05) is 104 Å². The van der Waals surface area contributed by atoms with Gasteiger partial charge in [0.25, 0.3) is 0 Å². The molecule has 0 radical (unpaired) electrons. The van der Waals surface area contributed by atoms with Crippen LogP contribution in [-0.4, -0.2) is 0 Å². The molecule has 0 heterocycles. The van der Waals surface area contributed by atoms with Gasteiger partial charge in [0.05, 0.1) is 15.4 Å². The molecule has 0 nitrogen and oxygen atoms in total. The molecule has 0 saturated carbocycles. The van der Waals surface area contributed by atoms with Gasteiger partial charge in [-0.15, -0.1) is 11.6 Å². The summed E-state index contributed by atoms with van der Waals surface area (Å²) in [6.07, 6.45) is 0. The Bertz CT molecular complexity index is 934. The van der Waals surface area contributed by atoms with Gasteiger partial charge in [0.1, 0.15) is 0 Å². The second-order valence-corrected chi connectivity index (χ2v) is 10.4. The number of alkyl halides is 1. The highest BCUT2D eigenvalue weighted by Gasteiger charge is 2.16. The minimum atomic E-state index is -0.198. The van der Waals surface area contributed by atoms with Crippen LogP contribution in [0.25, 0.3) is 0 Å².